The first-order valence-corrected chi connectivity index (χ1v) is 8.29. The Labute approximate surface area is 146 Å². The zero-order valence-electron chi connectivity index (χ0n) is 13.3. The predicted molar refractivity (Wildman–Crippen MR) is 94.3 cm³/mol. The van der Waals surface area contributed by atoms with Crippen LogP contribution >= 0.6 is 22.9 Å². The number of rotatable bonds is 2. The van der Waals surface area contributed by atoms with E-state index in [1.807, 2.05) is 20.8 Å². The molecule has 2 heterocycles. The molecule has 0 atom stereocenters. The average Bonchev–Trinajstić information content (AvgIpc) is 2.99. The van der Waals surface area contributed by atoms with E-state index in [1.165, 1.54) is 4.57 Å². The van der Waals surface area contributed by atoms with Gasteiger partial charge >= 0.3 is 10.6 Å². The van der Waals surface area contributed by atoms with E-state index in [0.29, 0.717) is 26.8 Å². The molecule has 0 N–H and O–H groups in total. The number of hydrogen-bond donors (Lipinski definition) is 0. The Hall–Kier alpha value is -2.30. The molecule has 0 amide bonds. The summed E-state index contributed by atoms with van der Waals surface area (Å²) in [4.78, 5) is 24.0. The lowest BCUT2D eigenvalue weighted by molar-refractivity contribution is 0.375. The Morgan fingerprint density at radius 3 is 2.67 bits per heavy atom. The van der Waals surface area contributed by atoms with Crippen molar-refractivity contribution in [3.05, 3.63) is 43.3 Å². The topological polar surface area (TPSA) is 70.0 Å². The van der Waals surface area contributed by atoms with Crippen LogP contribution in [0.1, 0.15) is 26.7 Å². The van der Waals surface area contributed by atoms with Gasteiger partial charge in [-0.15, -0.1) is 11.5 Å². The molecule has 3 rings (SSSR count). The van der Waals surface area contributed by atoms with Crippen molar-refractivity contribution in [1.82, 2.24) is 14.3 Å². The van der Waals surface area contributed by atoms with Gasteiger partial charge in [-0.05, 0) is 12.1 Å². The summed E-state index contributed by atoms with van der Waals surface area (Å²) in [6.07, 6.45) is 5.32. The van der Waals surface area contributed by atoms with Crippen LogP contribution in [0.5, 0.6) is 0 Å². The molecule has 0 aliphatic rings. The minimum atomic E-state index is -0.637. The molecule has 8 heteroatoms. The van der Waals surface area contributed by atoms with E-state index in [9.17, 15) is 9.59 Å². The molecule has 0 radical (unpaired) electrons. The van der Waals surface area contributed by atoms with Gasteiger partial charge in [-0.3, -0.25) is 9.36 Å². The molecule has 2 aromatic heterocycles. The summed E-state index contributed by atoms with van der Waals surface area (Å²) >= 11 is 7.33. The Kier molecular flexibility index (Phi) is 3.90. The van der Waals surface area contributed by atoms with E-state index in [1.54, 1.807) is 12.1 Å². The summed E-state index contributed by atoms with van der Waals surface area (Å²) in [6, 6.07) is 3.26. The molecule has 0 bridgehead atoms. The highest BCUT2D eigenvalue weighted by Gasteiger charge is 2.24. The average molecular weight is 364 g/mol. The van der Waals surface area contributed by atoms with E-state index in [0.717, 1.165) is 16.0 Å². The minimum absolute atomic E-state index is 0.140. The number of aromatic nitrogens is 3. The van der Waals surface area contributed by atoms with Crippen molar-refractivity contribution in [2.75, 3.05) is 0 Å². The van der Waals surface area contributed by atoms with Crippen LogP contribution in [0, 0.1) is 12.3 Å². The molecule has 0 fully saturated rings. The zero-order chi connectivity index (χ0) is 17.6. The Morgan fingerprint density at radius 2 is 2.08 bits per heavy atom. The lowest BCUT2D eigenvalue weighted by Crippen LogP contribution is -2.15. The molecule has 0 spiro atoms. The maximum atomic E-state index is 12.2. The molecule has 0 unspecified atom stereocenters. The zero-order valence-corrected chi connectivity index (χ0v) is 14.9. The second-order valence-corrected chi connectivity index (χ2v) is 7.66. The van der Waals surface area contributed by atoms with Gasteiger partial charge in [0.25, 0.3) is 0 Å². The monoisotopic (exact) mass is 363 g/mol. The van der Waals surface area contributed by atoms with Gasteiger partial charge in [-0.2, -0.15) is 4.68 Å². The van der Waals surface area contributed by atoms with Crippen molar-refractivity contribution in [2.24, 2.45) is 0 Å². The van der Waals surface area contributed by atoms with Crippen molar-refractivity contribution in [2.45, 2.75) is 32.7 Å². The van der Waals surface area contributed by atoms with Gasteiger partial charge in [0, 0.05) is 5.41 Å². The van der Waals surface area contributed by atoms with Crippen LogP contribution in [0.2, 0.25) is 5.02 Å². The molecule has 3 aromatic rings. The highest BCUT2D eigenvalue weighted by molar-refractivity contribution is 7.16. The SMILES string of the molecule is C#CCn1c(=O)sc2cc(Cl)c(-n3nc(C(C)(C)C)oc3=O)cc21. The maximum absolute atomic E-state index is 12.2. The van der Waals surface area contributed by atoms with Crippen molar-refractivity contribution in [3.8, 4) is 18.0 Å². The van der Waals surface area contributed by atoms with Crippen molar-refractivity contribution < 1.29 is 4.42 Å². The van der Waals surface area contributed by atoms with Gasteiger partial charge in [-0.25, -0.2) is 4.79 Å². The van der Waals surface area contributed by atoms with Crippen LogP contribution in [0.25, 0.3) is 15.9 Å². The number of terminal acetylenes is 1. The van der Waals surface area contributed by atoms with Gasteiger partial charge in [-0.1, -0.05) is 49.6 Å². The second kappa shape index (κ2) is 5.65. The Bertz CT molecular complexity index is 1090. The number of halogens is 1. The van der Waals surface area contributed by atoms with E-state index in [2.05, 4.69) is 11.0 Å². The van der Waals surface area contributed by atoms with Crippen LogP contribution in [0.4, 0.5) is 0 Å². The second-order valence-electron chi connectivity index (χ2n) is 6.26. The van der Waals surface area contributed by atoms with Crippen molar-refractivity contribution in [3.63, 3.8) is 0 Å². The van der Waals surface area contributed by atoms with Crippen LogP contribution in [-0.4, -0.2) is 14.3 Å². The molecule has 0 aliphatic carbocycles. The summed E-state index contributed by atoms with van der Waals surface area (Å²) in [6.45, 7) is 5.80. The summed E-state index contributed by atoms with van der Waals surface area (Å²) in [5.41, 5.74) is 0.529. The standard InChI is InChI=1S/C16H14ClN3O3S/c1-5-6-19-11-8-10(9(17)7-12(11)24-15(19)22)20-14(21)23-13(18-20)16(2,3)4/h1,7-8H,6H2,2-4H3. The highest BCUT2D eigenvalue weighted by Crippen LogP contribution is 2.28. The first-order valence-electron chi connectivity index (χ1n) is 7.09. The molecular formula is C16H14ClN3O3S. The Morgan fingerprint density at radius 1 is 1.38 bits per heavy atom. The summed E-state index contributed by atoms with van der Waals surface area (Å²) < 4.78 is 8.47. The Balaban J connectivity index is 2.28. The number of thiazole rings is 1. The quantitative estimate of drug-likeness (QED) is 0.656. The van der Waals surface area contributed by atoms with Crippen molar-refractivity contribution in [1.29, 1.82) is 0 Å². The van der Waals surface area contributed by atoms with Crippen molar-refractivity contribution >= 4 is 33.2 Å². The first kappa shape index (κ1) is 16.6. The van der Waals surface area contributed by atoms with Gasteiger partial charge in [0.05, 0.1) is 27.5 Å². The fourth-order valence-corrected chi connectivity index (χ4v) is 3.43. The number of benzene rings is 1. The number of nitrogens with zero attached hydrogens (tertiary/aromatic N) is 3. The summed E-state index contributed by atoms with van der Waals surface area (Å²) in [5.74, 6) is 2.11. The third-order valence-electron chi connectivity index (χ3n) is 3.40. The van der Waals surface area contributed by atoms with Crippen LogP contribution in [-0.2, 0) is 12.0 Å². The van der Waals surface area contributed by atoms with E-state index in [-0.39, 0.29) is 11.4 Å². The van der Waals surface area contributed by atoms with Gasteiger partial charge in [0.2, 0.25) is 5.89 Å². The fraction of sp³-hybridized carbons (Fsp3) is 0.312. The largest absolute Gasteiger partial charge is 0.442 e. The third kappa shape index (κ3) is 2.68. The van der Waals surface area contributed by atoms with Crippen LogP contribution < -0.4 is 10.6 Å². The normalized spacial score (nSPS) is 11.8. The molecule has 0 saturated carbocycles. The predicted octanol–water partition coefficient (Wildman–Crippen LogP) is 2.79. The maximum Gasteiger partial charge on any atom is 0.442 e. The molecule has 6 nitrogen and oxygen atoms in total. The smallest absolute Gasteiger partial charge is 0.391 e. The van der Waals surface area contributed by atoms with E-state index in [4.69, 9.17) is 22.4 Å². The van der Waals surface area contributed by atoms with Gasteiger partial charge in [0.1, 0.15) is 0 Å². The third-order valence-corrected chi connectivity index (χ3v) is 4.65. The fourth-order valence-electron chi connectivity index (χ4n) is 2.21. The van der Waals surface area contributed by atoms with Gasteiger partial charge < -0.3 is 4.42 Å². The number of fused-ring (bicyclic) bond motifs is 1. The molecule has 1 aromatic carbocycles. The molecule has 124 valence electrons. The molecule has 0 aliphatic heterocycles. The lowest BCUT2D eigenvalue weighted by atomic mass is 9.97. The van der Waals surface area contributed by atoms with E-state index >= 15 is 0 Å². The summed E-state index contributed by atoms with van der Waals surface area (Å²) in [5, 5.41) is 4.53. The van der Waals surface area contributed by atoms with Gasteiger partial charge in [0.15, 0.2) is 0 Å². The first-order chi connectivity index (χ1) is 11.2. The van der Waals surface area contributed by atoms with Crippen LogP contribution in [0.3, 0.4) is 0 Å². The molecular weight excluding hydrogens is 350 g/mol. The molecule has 24 heavy (non-hydrogen) atoms. The van der Waals surface area contributed by atoms with E-state index < -0.39 is 11.2 Å². The molecule has 0 saturated heterocycles. The van der Waals surface area contributed by atoms with Crippen LogP contribution in [0.15, 0.2) is 26.1 Å². The number of hydrogen-bond acceptors (Lipinski definition) is 5. The minimum Gasteiger partial charge on any atom is -0.391 e. The highest BCUT2D eigenvalue weighted by atomic mass is 35.5. The summed E-state index contributed by atoms with van der Waals surface area (Å²) in [7, 11) is 0. The lowest BCUT2D eigenvalue weighted by Gasteiger charge is -2.11.